The Balaban J connectivity index is 1.75. The molecule has 1 aliphatic rings. The van der Waals surface area contributed by atoms with Gasteiger partial charge in [0.25, 0.3) is 0 Å². The maximum absolute atomic E-state index is 11.2. The van der Waals surface area contributed by atoms with Gasteiger partial charge in [-0.25, -0.2) is 4.98 Å². The van der Waals surface area contributed by atoms with E-state index in [1.165, 1.54) is 6.42 Å². The lowest BCUT2D eigenvalue weighted by Gasteiger charge is -2.40. The molecule has 6 heteroatoms. The Labute approximate surface area is 208 Å². The number of imidazole rings is 1. The van der Waals surface area contributed by atoms with Crippen molar-refractivity contribution in [3.05, 3.63) is 47.5 Å². The second-order valence-corrected chi connectivity index (χ2v) is 11.3. The van der Waals surface area contributed by atoms with E-state index in [1.807, 2.05) is 38.1 Å². The summed E-state index contributed by atoms with van der Waals surface area (Å²) >= 11 is 0. The molecule has 0 saturated heterocycles. The van der Waals surface area contributed by atoms with Crippen LogP contribution in [0, 0.1) is 18.3 Å². The Morgan fingerprint density at radius 3 is 2.57 bits per heavy atom. The summed E-state index contributed by atoms with van der Waals surface area (Å²) in [5.74, 6) is 1.54. The molecule has 1 heterocycles. The number of nitrogens with one attached hydrogen (secondary N) is 1. The summed E-state index contributed by atoms with van der Waals surface area (Å²) in [5.41, 5.74) is 5.41. The Morgan fingerprint density at radius 2 is 1.94 bits per heavy atom. The molecule has 4 rings (SSSR count). The van der Waals surface area contributed by atoms with Crippen LogP contribution in [0.2, 0.25) is 0 Å². The summed E-state index contributed by atoms with van der Waals surface area (Å²) in [6, 6.07) is 12.6. The van der Waals surface area contributed by atoms with Crippen molar-refractivity contribution < 1.29 is 14.6 Å². The summed E-state index contributed by atoms with van der Waals surface area (Å²) in [7, 11) is 0. The van der Waals surface area contributed by atoms with Gasteiger partial charge in [0.05, 0.1) is 17.1 Å². The molecule has 0 bridgehead atoms. The second-order valence-electron chi connectivity index (χ2n) is 11.3. The topological polar surface area (TPSA) is 76.4 Å². The smallest absolute Gasteiger partial charge is 0.303 e. The number of anilines is 2. The van der Waals surface area contributed by atoms with Crippen LogP contribution in [-0.4, -0.2) is 26.7 Å². The fraction of sp³-hybridized carbons (Fsp3) is 0.517. The molecule has 3 aromatic rings. The van der Waals surface area contributed by atoms with Crippen molar-refractivity contribution in [1.82, 2.24) is 9.55 Å². The molecule has 0 amide bonds. The summed E-state index contributed by atoms with van der Waals surface area (Å²) < 4.78 is 8.18. The first-order valence-electron chi connectivity index (χ1n) is 12.8. The number of rotatable bonds is 8. The third-order valence-electron chi connectivity index (χ3n) is 6.97. The van der Waals surface area contributed by atoms with Crippen molar-refractivity contribution in [3.63, 3.8) is 0 Å². The minimum Gasteiger partial charge on any atom is -0.491 e. The fourth-order valence-electron chi connectivity index (χ4n) is 5.77. The van der Waals surface area contributed by atoms with Crippen LogP contribution in [0.1, 0.15) is 77.5 Å². The van der Waals surface area contributed by atoms with E-state index in [4.69, 9.17) is 14.8 Å². The Hall–Kier alpha value is -3.02. The minimum atomic E-state index is -0.777. The molecule has 2 aromatic carbocycles. The van der Waals surface area contributed by atoms with Gasteiger partial charge in [0.2, 0.25) is 5.95 Å². The lowest BCUT2D eigenvalue weighted by molar-refractivity contribution is -0.136. The van der Waals surface area contributed by atoms with Crippen molar-refractivity contribution in [3.8, 4) is 5.75 Å². The van der Waals surface area contributed by atoms with E-state index in [1.54, 1.807) is 0 Å². The number of hydrogen-bond acceptors (Lipinski definition) is 4. The average Bonchev–Trinajstić information content (AvgIpc) is 3.08. The summed E-state index contributed by atoms with van der Waals surface area (Å²) in [4.78, 5) is 16.2. The monoisotopic (exact) mass is 477 g/mol. The van der Waals surface area contributed by atoms with Crippen molar-refractivity contribution in [1.29, 1.82) is 0 Å². The van der Waals surface area contributed by atoms with E-state index in [0.717, 1.165) is 52.4 Å². The molecule has 0 spiro atoms. The summed E-state index contributed by atoms with van der Waals surface area (Å²) in [6.45, 7) is 13.2. The number of nitrogens with zero attached hydrogens (tertiary/aromatic N) is 2. The number of fused-ring (bicyclic) bond motifs is 1. The first-order chi connectivity index (χ1) is 16.5. The van der Waals surface area contributed by atoms with E-state index in [2.05, 4.69) is 49.7 Å². The van der Waals surface area contributed by atoms with Gasteiger partial charge >= 0.3 is 5.97 Å². The SMILES string of the molecule is Cc1cc2c(cc1CCC(=O)O)nc(Nc1ccc(OC(C)C)cc1)n2[C@H]1C[C@@H](C)CC(C)(C)C1. The second kappa shape index (κ2) is 9.92. The molecular weight excluding hydrogens is 438 g/mol. The quantitative estimate of drug-likeness (QED) is 0.356. The van der Waals surface area contributed by atoms with Crippen molar-refractivity contribution in [2.24, 2.45) is 11.3 Å². The van der Waals surface area contributed by atoms with Gasteiger partial charge in [-0.1, -0.05) is 20.8 Å². The van der Waals surface area contributed by atoms with Crippen LogP contribution in [0.4, 0.5) is 11.6 Å². The molecule has 1 fully saturated rings. The predicted molar refractivity (Wildman–Crippen MR) is 142 cm³/mol. The van der Waals surface area contributed by atoms with Crippen LogP contribution >= 0.6 is 0 Å². The number of benzene rings is 2. The highest BCUT2D eigenvalue weighted by atomic mass is 16.5. The molecular formula is C29H39N3O3. The lowest BCUT2D eigenvalue weighted by atomic mass is 9.70. The van der Waals surface area contributed by atoms with Gasteiger partial charge in [0.1, 0.15) is 5.75 Å². The summed E-state index contributed by atoms with van der Waals surface area (Å²) in [6.07, 6.45) is 4.21. The Bertz CT molecular complexity index is 1190. The average molecular weight is 478 g/mol. The van der Waals surface area contributed by atoms with Gasteiger partial charge in [-0.05, 0) is 105 Å². The maximum Gasteiger partial charge on any atom is 0.303 e. The van der Waals surface area contributed by atoms with E-state index in [0.29, 0.717) is 18.4 Å². The molecule has 1 saturated carbocycles. The minimum absolute atomic E-state index is 0.122. The molecule has 1 aromatic heterocycles. The zero-order valence-electron chi connectivity index (χ0n) is 21.9. The van der Waals surface area contributed by atoms with E-state index in [9.17, 15) is 4.79 Å². The van der Waals surface area contributed by atoms with Crippen LogP contribution in [0.15, 0.2) is 36.4 Å². The maximum atomic E-state index is 11.2. The number of aromatic nitrogens is 2. The molecule has 0 unspecified atom stereocenters. The highest BCUT2D eigenvalue weighted by molar-refractivity contribution is 5.82. The standard InChI is InChI=1S/C29H39N3O3/c1-18(2)35-24-10-8-22(9-11-24)30-28-31-25-15-21(7-12-27(33)34)20(4)14-26(25)32(28)23-13-19(3)16-29(5,6)17-23/h8-11,14-15,18-19,23H,7,12-13,16-17H2,1-6H3,(H,30,31)(H,33,34)/t19-,23+/m1/s1. The van der Waals surface area contributed by atoms with Crippen molar-refractivity contribution >= 4 is 28.6 Å². The van der Waals surface area contributed by atoms with E-state index < -0.39 is 5.97 Å². The van der Waals surface area contributed by atoms with Crippen molar-refractivity contribution in [2.75, 3.05) is 5.32 Å². The van der Waals surface area contributed by atoms with Crippen LogP contribution in [0.3, 0.4) is 0 Å². The zero-order valence-corrected chi connectivity index (χ0v) is 21.9. The largest absolute Gasteiger partial charge is 0.491 e. The summed E-state index contributed by atoms with van der Waals surface area (Å²) in [5, 5.41) is 12.7. The van der Waals surface area contributed by atoms with Gasteiger partial charge in [0, 0.05) is 18.2 Å². The van der Waals surface area contributed by atoms with Gasteiger partial charge < -0.3 is 19.7 Å². The number of ether oxygens (including phenoxy) is 1. The number of aryl methyl sites for hydroxylation is 2. The molecule has 0 radical (unpaired) electrons. The molecule has 2 atom stereocenters. The third kappa shape index (κ3) is 5.98. The number of carbonyl (C=O) groups is 1. The van der Waals surface area contributed by atoms with Crippen LogP contribution < -0.4 is 10.1 Å². The molecule has 35 heavy (non-hydrogen) atoms. The van der Waals surface area contributed by atoms with Gasteiger partial charge in [-0.2, -0.15) is 0 Å². The third-order valence-corrected chi connectivity index (χ3v) is 6.97. The highest BCUT2D eigenvalue weighted by Gasteiger charge is 2.34. The Morgan fingerprint density at radius 1 is 1.23 bits per heavy atom. The van der Waals surface area contributed by atoms with Gasteiger partial charge in [0.15, 0.2) is 0 Å². The van der Waals surface area contributed by atoms with E-state index in [-0.39, 0.29) is 17.9 Å². The highest BCUT2D eigenvalue weighted by Crippen LogP contribution is 2.46. The number of hydrogen-bond donors (Lipinski definition) is 2. The Kier molecular flexibility index (Phi) is 7.11. The number of aliphatic carboxylic acids is 1. The normalized spacial score (nSPS) is 19.7. The van der Waals surface area contributed by atoms with Crippen LogP contribution in [0.25, 0.3) is 11.0 Å². The zero-order chi connectivity index (χ0) is 25.3. The van der Waals surface area contributed by atoms with Crippen molar-refractivity contribution in [2.45, 2.75) is 85.8 Å². The van der Waals surface area contributed by atoms with Crippen LogP contribution in [-0.2, 0) is 11.2 Å². The van der Waals surface area contributed by atoms with Gasteiger partial charge in [-0.3, -0.25) is 4.79 Å². The fourth-order valence-corrected chi connectivity index (χ4v) is 5.77. The molecule has 1 aliphatic carbocycles. The predicted octanol–water partition coefficient (Wildman–Crippen LogP) is 7.28. The number of carboxylic acids is 1. The first-order valence-corrected chi connectivity index (χ1v) is 12.8. The molecule has 188 valence electrons. The molecule has 0 aliphatic heterocycles. The van der Waals surface area contributed by atoms with E-state index >= 15 is 0 Å². The van der Waals surface area contributed by atoms with Gasteiger partial charge in [-0.15, -0.1) is 0 Å². The number of carboxylic acid groups (broad SMARTS) is 1. The molecule has 2 N–H and O–H groups in total. The lowest BCUT2D eigenvalue weighted by Crippen LogP contribution is -2.29. The first kappa shape index (κ1) is 25.1. The molecule has 6 nitrogen and oxygen atoms in total. The van der Waals surface area contributed by atoms with Crippen LogP contribution in [0.5, 0.6) is 5.75 Å².